The fraction of sp³-hybridized carbons (Fsp3) is 0.529. The number of hydrogen-bond donors (Lipinski definition) is 2. The number of carbonyl (C=O) groups is 1. The number of carbonyl (C=O) groups excluding carboxylic acids is 1. The van der Waals surface area contributed by atoms with E-state index in [0.29, 0.717) is 19.0 Å². The van der Waals surface area contributed by atoms with Crippen molar-refractivity contribution in [3.63, 3.8) is 0 Å². The maximum Gasteiger partial charge on any atom is 0.264 e. The summed E-state index contributed by atoms with van der Waals surface area (Å²) in [6.07, 6.45) is 4.98. The van der Waals surface area contributed by atoms with Crippen LogP contribution in [0.15, 0.2) is 12.4 Å². The number of amides is 1. The molecule has 1 aliphatic rings. The molecule has 2 heterocycles. The van der Waals surface area contributed by atoms with Gasteiger partial charge in [-0.15, -0.1) is 11.3 Å². The minimum atomic E-state index is -0.0443. The first kappa shape index (κ1) is 16.2. The topological polar surface area (TPSA) is 69.2 Å². The number of fused-ring (bicyclic) bond motifs is 1. The number of aromatic nitrogens is 2. The van der Waals surface area contributed by atoms with Crippen molar-refractivity contribution in [2.24, 2.45) is 5.92 Å². The quantitative estimate of drug-likeness (QED) is 0.883. The summed E-state index contributed by atoms with van der Waals surface area (Å²) in [5.74, 6) is 0.689. The summed E-state index contributed by atoms with van der Waals surface area (Å²) in [6, 6.07) is 2.06. The SMILES string of the molecule is Cc1[nH]cnc1CN(CCO)C(=O)c1cc2c(s1)CCC(C)C2. The minimum absolute atomic E-state index is 0.00602. The summed E-state index contributed by atoms with van der Waals surface area (Å²) in [5, 5.41) is 9.31. The molecule has 1 amide bonds. The van der Waals surface area contributed by atoms with Crippen molar-refractivity contribution in [1.82, 2.24) is 14.9 Å². The van der Waals surface area contributed by atoms with E-state index in [-0.39, 0.29) is 12.5 Å². The van der Waals surface area contributed by atoms with Crippen LogP contribution in [0, 0.1) is 12.8 Å². The first-order valence-corrected chi connectivity index (χ1v) is 8.90. The third-order valence-electron chi connectivity index (χ3n) is 4.47. The van der Waals surface area contributed by atoms with Crippen LogP contribution in [0.2, 0.25) is 0 Å². The highest BCUT2D eigenvalue weighted by Crippen LogP contribution is 2.32. The molecular formula is C17H23N3O2S. The van der Waals surface area contributed by atoms with Gasteiger partial charge in [0.15, 0.2) is 0 Å². The number of aromatic amines is 1. The Morgan fingerprint density at radius 2 is 2.39 bits per heavy atom. The van der Waals surface area contributed by atoms with Crippen molar-refractivity contribution in [3.05, 3.63) is 39.1 Å². The van der Waals surface area contributed by atoms with Crippen molar-refractivity contribution in [2.75, 3.05) is 13.2 Å². The van der Waals surface area contributed by atoms with Crippen LogP contribution >= 0.6 is 11.3 Å². The summed E-state index contributed by atoms with van der Waals surface area (Å²) >= 11 is 1.62. The van der Waals surface area contributed by atoms with E-state index in [0.717, 1.165) is 29.1 Å². The first-order valence-electron chi connectivity index (χ1n) is 8.09. The third kappa shape index (κ3) is 3.48. The van der Waals surface area contributed by atoms with Gasteiger partial charge >= 0.3 is 0 Å². The standard InChI is InChI=1S/C17H23N3O2S/c1-11-3-4-15-13(7-11)8-16(23-15)17(22)20(5-6-21)9-14-12(2)18-10-19-14/h8,10-11,21H,3-7,9H2,1-2H3,(H,18,19). The molecule has 0 fully saturated rings. The van der Waals surface area contributed by atoms with E-state index < -0.39 is 0 Å². The zero-order valence-corrected chi connectivity index (χ0v) is 14.4. The van der Waals surface area contributed by atoms with Gasteiger partial charge in [0.25, 0.3) is 5.91 Å². The second-order valence-electron chi connectivity index (χ2n) is 6.33. The largest absolute Gasteiger partial charge is 0.395 e. The van der Waals surface area contributed by atoms with Crippen LogP contribution in [0.3, 0.4) is 0 Å². The van der Waals surface area contributed by atoms with Crippen LogP contribution in [-0.2, 0) is 19.4 Å². The molecule has 2 N–H and O–H groups in total. The number of nitrogens with zero attached hydrogens (tertiary/aromatic N) is 2. The molecule has 1 unspecified atom stereocenters. The van der Waals surface area contributed by atoms with Crippen molar-refractivity contribution < 1.29 is 9.90 Å². The van der Waals surface area contributed by atoms with Gasteiger partial charge in [0.2, 0.25) is 0 Å². The van der Waals surface area contributed by atoms with Crippen molar-refractivity contribution in [2.45, 2.75) is 39.7 Å². The van der Waals surface area contributed by atoms with Gasteiger partial charge in [-0.2, -0.15) is 0 Å². The van der Waals surface area contributed by atoms with Crippen LogP contribution in [0.5, 0.6) is 0 Å². The summed E-state index contributed by atoms with van der Waals surface area (Å²) in [5.41, 5.74) is 3.14. The fourth-order valence-electron chi connectivity index (χ4n) is 3.07. The lowest BCUT2D eigenvalue weighted by Gasteiger charge is -2.20. The molecule has 0 aliphatic heterocycles. The number of rotatable bonds is 5. The summed E-state index contributed by atoms with van der Waals surface area (Å²) in [7, 11) is 0. The Morgan fingerprint density at radius 3 is 3.09 bits per heavy atom. The lowest BCUT2D eigenvalue weighted by Crippen LogP contribution is -2.33. The second-order valence-corrected chi connectivity index (χ2v) is 7.47. The van der Waals surface area contributed by atoms with Crippen LogP contribution in [0.25, 0.3) is 0 Å². The molecule has 0 spiro atoms. The molecule has 5 nitrogen and oxygen atoms in total. The maximum atomic E-state index is 12.9. The number of aryl methyl sites for hydroxylation is 2. The lowest BCUT2D eigenvalue weighted by atomic mass is 9.90. The minimum Gasteiger partial charge on any atom is -0.395 e. The Hall–Kier alpha value is -1.66. The molecule has 124 valence electrons. The predicted molar refractivity (Wildman–Crippen MR) is 90.7 cm³/mol. The zero-order valence-electron chi connectivity index (χ0n) is 13.6. The van der Waals surface area contributed by atoms with Gasteiger partial charge in [-0.3, -0.25) is 4.79 Å². The Bertz CT molecular complexity index is 692. The third-order valence-corrected chi connectivity index (χ3v) is 5.70. The van der Waals surface area contributed by atoms with E-state index >= 15 is 0 Å². The zero-order chi connectivity index (χ0) is 16.4. The van der Waals surface area contributed by atoms with Crippen LogP contribution < -0.4 is 0 Å². The Balaban J connectivity index is 1.79. The molecule has 0 saturated carbocycles. The summed E-state index contributed by atoms with van der Waals surface area (Å²) in [6.45, 7) is 4.91. The van der Waals surface area contributed by atoms with Gasteiger partial charge in [-0.25, -0.2) is 4.98 Å². The number of H-pyrrole nitrogens is 1. The molecule has 0 saturated heterocycles. The van der Waals surface area contributed by atoms with Crippen LogP contribution in [-0.4, -0.2) is 39.0 Å². The van der Waals surface area contributed by atoms with E-state index in [1.54, 1.807) is 22.6 Å². The molecule has 0 radical (unpaired) electrons. The normalized spacial score (nSPS) is 17.1. The van der Waals surface area contributed by atoms with Gasteiger partial charge in [0.05, 0.1) is 30.1 Å². The van der Waals surface area contributed by atoms with Gasteiger partial charge in [0, 0.05) is 17.1 Å². The van der Waals surface area contributed by atoms with Gasteiger partial charge in [-0.05, 0) is 43.7 Å². The predicted octanol–water partition coefficient (Wildman–Crippen LogP) is 2.54. The van der Waals surface area contributed by atoms with E-state index in [9.17, 15) is 9.90 Å². The molecule has 6 heteroatoms. The Labute approximate surface area is 140 Å². The second kappa shape index (κ2) is 6.84. The molecule has 1 aliphatic carbocycles. The molecule has 2 aromatic heterocycles. The average molecular weight is 333 g/mol. The molecule has 3 rings (SSSR count). The number of imidazole rings is 1. The number of hydrogen-bond acceptors (Lipinski definition) is 4. The average Bonchev–Trinajstić information content (AvgIpc) is 3.12. The highest BCUT2D eigenvalue weighted by atomic mass is 32.1. The highest BCUT2D eigenvalue weighted by Gasteiger charge is 2.24. The monoisotopic (exact) mass is 333 g/mol. The van der Waals surface area contributed by atoms with Crippen LogP contribution in [0.1, 0.15) is 44.8 Å². The van der Waals surface area contributed by atoms with Gasteiger partial charge in [0.1, 0.15) is 0 Å². The maximum absolute atomic E-state index is 12.9. The van der Waals surface area contributed by atoms with Crippen molar-refractivity contribution in [1.29, 1.82) is 0 Å². The van der Waals surface area contributed by atoms with Gasteiger partial charge < -0.3 is 15.0 Å². The Morgan fingerprint density at radius 1 is 1.57 bits per heavy atom. The molecule has 2 aromatic rings. The molecule has 0 aromatic carbocycles. The van der Waals surface area contributed by atoms with E-state index in [2.05, 4.69) is 23.0 Å². The summed E-state index contributed by atoms with van der Waals surface area (Å²) < 4.78 is 0. The van der Waals surface area contributed by atoms with E-state index in [1.165, 1.54) is 16.9 Å². The Kier molecular flexibility index (Phi) is 4.82. The van der Waals surface area contributed by atoms with Crippen molar-refractivity contribution >= 4 is 17.2 Å². The number of nitrogens with one attached hydrogen (secondary N) is 1. The first-order chi connectivity index (χ1) is 11.1. The number of aliphatic hydroxyl groups excluding tert-OH is 1. The molecule has 23 heavy (non-hydrogen) atoms. The fourth-order valence-corrected chi connectivity index (χ4v) is 4.24. The van der Waals surface area contributed by atoms with E-state index in [4.69, 9.17) is 0 Å². The van der Waals surface area contributed by atoms with Crippen molar-refractivity contribution in [3.8, 4) is 0 Å². The highest BCUT2D eigenvalue weighted by molar-refractivity contribution is 7.14. The molecular weight excluding hydrogens is 310 g/mol. The van der Waals surface area contributed by atoms with Crippen LogP contribution in [0.4, 0.5) is 0 Å². The smallest absolute Gasteiger partial charge is 0.264 e. The number of thiophene rings is 1. The molecule has 1 atom stereocenters. The van der Waals surface area contributed by atoms with E-state index in [1.807, 2.05) is 6.92 Å². The summed E-state index contributed by atoms with van der Waals surface area (Å²) in [4.78, 5) is 24.0. The number of aliphatic hydroxyl groups is 1. The van der Waals surface area contributed by atoms with Gasteiger partial charge in [-0.1, -0.05) is 6.92 Å². The molecule has 0 bridgehead atoms. The lowest BCUT2D eigenvalue weighted by molar-refractivity contribution is 0.0710.